The molecule has 0 N–H and O–H groups in total. The summed E-state index contributed by atoms with van der Waals surface area (Å²) in [6.07, 6.45) is 0.991. The highest BCUT2D eigenvalue weighted by Gasteiger charge is 2.19. The maximum atomic E-state index is 5.54. The molecule has 0 bridgehead atoms. The molecule has 5 nitrogen and oxygen atoms in total. The van der Waals surface area contributed by atoms with E-state index in [1.807, 2.05) is 11.3 Å². The first-order chi connectivity index (χ1) is 14.2. The Hall–Kier alpha value is -2.02. The summed E-state index contributed by atoms with van der Waals surface area (Å²) < 4.78 is 14.8. The van der Waals surface area contributed by atoms with Gasteiger partial charge in [-0.3, -0.25) is 0 Å². The van der Waals surface area contributed by atoms with E-state index in [2.05, 4.69) is 47.6 Å². The van der Waals surface area contributed by atoms with Gasteiger partial charge in [-0.15, -0.1) is 11.3 Å². The molecule has 0 radical (unpaired) electrons. The molecular formula is C23H28N3O2S+. The smallest absolute Gasteiger partial charge is 0.201 e. The van der Waals surface area contributed by atoms with Gasteiger partial charge in [0.05, 0.1) is 34.0 Å². The van der Waals surface area contributed by atoms with Crippen molar-refractivity contribution < 1.29 is 9.47 Å². The zero-order valence-corrected chi connectivity index (χ0v) is 18.1. The molecule has 3 aliphatic heterocycles. The van der Waals surface area contributed by atoms with Crippen molar-refractivity contribution >= 4 is 27.2 Å². The number of fused-ring (bicyclic) bond motifs is 2. The molecule has 2 fully saturated rings. The van der Waals surface area contributed by atoms with Crippen LogP contribution in [0.4, 0.5) is 5.69 Å². The lowest BCUT2D eigenvalue weighted by Crippen LogP contribution is -2.40. The van der Waals surface area contributed by atoms with E-state index in [1.165, 1.54) is 31.7 Å². The van der Waals surface area contributed by atoms with Crippen molar-refractivity contribution in [3.05, 3.63) is 40.7 Å². The van der Waals surface area contributed by atoms with Crippen molar-refractivity contribution in [2.75, 3.05) is 57.5 Å². The topological polar surface area (TPSA) is 37.6 Å². The average molecular weight is 411 g/mol. The summed E-state index contributed by atoms with van der Waals surface area (Å²) in [4.78, 5) is 8.84. The Balaban J connectivity index is 1.69. The third kappa shape index (κ3) is 3.65. The van der Waals surface area contributed by atoms with Gasteiger partial charge in [0, 0.05) is 30.9 Å². The molecule has 2 saturated heterocycles. The second-order valence-electron chi connectivity index (χ2n) is 7.83. The minimum absolute atomic E-state index is 0.805. The standard InChI is InChI=1S/C23H28N3O2S/c1-3-17-13-19(26-6-10-28-11-7-26)15-21-23(17)24-22-16(2)12-18(14-20(22)29-21)25-4-8-27-9-5-25/h12-15H,3-11H2,1-2H3/q+1. The normalized spacial score (nSPS) is 18.0. The summed E-state index contributed by atoms with van der Waals surface area (Å²) in [5, 5.41) is 1.30. The van der Waals surface area contributed by atoms with Crippen molar-refractivity contribution in [2.24, 2.45) is 0 Å². The minimum Gasteiger partial charge on any atom is -0.378 e. The summed E-state index contributed by atoms with van der Waals surface area (Å²) in [6.45, 7) is 11.5. The molecule has 29 heavy (non-hydrogen) atoms. The first-order valence-corrected chi connectivity index (χ1v) is 11.4. The number of nitrogens with zero attached hydrogens (tertiary/aromatic N) is 3. The first kappa shape index (κ1) is 19.0. The Morgan fingerprint density at radius 2 is 1.79 bits per heavy atom. The molecule has 152 valence electrons. The number of aryl methyl sites for hydroxylation is 2. The molecule has 1 aromatic carbocycles. The number of hydrogen-bond donors (Lipinski definition) is 0. The zero-order chi connectivity index (χ0) is 19.8. The molecule has 1 aliphatic carbocycles. The largest absolute Gasteiger partial charge is 0.378 e. The van der Waals surface area contributed by atoms with Gasteiger partial charge >= 0.3 is 0 Å². The Kier molecular flexibility index (Phi) is 5.24. The van der Waals surface area contributed by atoms with Crippen LogP contribution in [0, 0.1) is 6.92 Å². The van der Waals surface area contributed by atoms with Crippen LogP contribution in [0.5, 0.6) is 0 Å². The molecule has 4 aliphatic rings. The third-order valence-electron chi connectivity index (χ3n) is 5.97. The molecule has 0 spiro atoms. The fourth-order valence-electron chi connectivity index (χ4n) is 4.31. The van der Waals surface area contributed by atoms with Gasteiger partial charge in [-0.25, -0.2) is 9.56 Å². The summed E-state index contributed by atoms with van der Waals surface area (Å²) in [5.41, 5.74) is 6.16. The van der Waals surface area contributed by atoms with Gasteiger partial charge in [0.2, 0.25) is 5.36 Å². The van der Waals surface area contributed by atoms with E-state index in [4.69, 9.17) is 14.5 Å². The fourth-order valence-corrected chi connectivity index (χ4v) is 5.49. The van der Waals surface area contributed by atoms with Gasteiger partial charge < -0.3 is 14.4 Å². The highest BCUT2D eigenvalue weighted by atomic mass is 32.1. The number of anilines is 1. The Labute approximate surface area is 175 Å². The molecule has 0 unspecified atom stereocenters. The van der Waals surface area contributed by atoms with Gasteiger partial charge in [0.25, 0.3) is 0 Å². The SMILES string of the molecule is CCc1cc(=[N+]2CCOCC2)cc2sc3cc(N4CCOCC4)cc(C)c3nc1-2. The van der Waals surface area contributed by atoms with Crippen LogP contribution in [0.1, 0.15) is 18.1 Å². The Morgan fingerprint density at radius 3 is 2.55 bits per heavy atom. The lowest BCUT2D eigenvalue weighted by Gasteiger charge is -2.29. The fraction of sp³-hybridized carbons (Fsp3) is 0.478. The highest BCUT2D eigenvalue weighted by molar-refractivity contribution is 7.21. The maximum Gasteiger partial charge on any atom is 0.201 e. The number of hydrogen-bond acceptors (Lipinski definition) is 5. The van der Waals surface area contributed by atoms with Gasteiger partial charge in [0.15, 0.2) is 13.1 Å². The number of rotatable bonds is 2. The van der Waals surface area contributed by atoms with Crippen molar-refractivity contribution in [1.29, 1.82) is 0 Å². The molecule has 0 atom stereocenters. The molecular weight excluding hydrogens is 382 g/mol. The summed E-state index contributed by atoms with van der Waals surface area (Å²) in [6, 6.07) is 9.26. The average Bonchev–Trinajstić information content (AvgIpc) is 2.78. The first-order valence-electron chi connectivity index (χ1n) is 10.6. The molecule has 5 rings (SSSR count). The maximum absolute atomic E-state index is 5.54. The van der Waals surface area contributed by atoms with Crippen LogP contribution in [-0.2, 0) is 15.9 Å². The lowest BCUT2D eigenvalue weighted by molar-refractivity contribution is 0.0965. The third-order valence-corrected chi connectivity index (χ3v) is 7.03. The van der Waals surface area contributed by atoms with Crippen LogP contribution < -0.4 is 14.8 Å². The van der Waals surface area contributed by atoms with Gasteiger partial charge in [-0.2, -0.15) is 0 Å². The van der Waals surface area contributed by atoms with Gasteiger partial charge in [0.1, 0.15) is 13.2 Å². The number of aromatic nitrogens is 1. The van der Waals surface area contributed by atoms with Crippen LogP contribution in [0.25, 0.3) is 20.8 Å². The van der Waals surface area contributed by atoms with Gasteiger partial charge in [-0.1, -0.05) is 6.92 Å². The van der Waals surface area contributed by atoms with E-state index >= 15 is 0 Å². The van der Waals surface area contributed by atoms with E-state index in [1.54, 1.807) is 0 Å². The number of benzene rings is 2. The molecule has 0 saturated carbocycles. The van der Waals surface area contributed by atoms with Crippen molar-refractivity contribution in [3.8, 4) is 10.6 Å². The quantitative estimate of drug-likeness (QED) is 0.481. The molecule has 1 aromatic rings. The number of morpholine rings is 2. The second-order valence-corrected chi connectivity index (χ2v) is 8.91. The van der Waals surface area contributed by atoms with Crippen LogP contribution in [0.2, 0.25) is 0 Å². The van der Waals surface area contributed by atoms with Crippen molar-refractivity contribution in [1.82, 2.24) is 9.56 Å². The van der Waals surface area contributed by atoms with E-state index in [0.717, 1.165) is 70.2 Å². The van der Waals surface area contributed by atoms with Crippen LogP contribution in [0.15, 0.2) is 24.3 Å². The molecule has 0 aromatic heterocycles. The van der Waals surface area contributed by atoms with Crippen LogP contribution in [0.3, 0.4) is 0 Å². The zero-order valence-electron chi connectivity index (χ0n) is 17.2. The number of ether oxygens (including phenoxy) is 2. The summed E-state index contributed by atoms with van der Waals surface area (Å²) in [7, 11) is 0. The molecule has 0 amide bonds. The monoisotopic (exact) mass is 410 g/mol. The lowest BCUT2D eigenvalue weighted by atomic mass is 10.1. The van der Waals surface area contributed by atoms with E-state index in [-0.39, 0.29) is 0 Å². The molecule has 3 heterocycles. The minimum atomic E-state index is 0.805. The Bertz CT molecular complexity index is 1080. The molecule has 6 heteroatoms. The summed E-state index contributed by atoms with van der Waals surface area (Å²) in [5.74, 6) is 0. The van der Waals surface area contributed by atoms with E-state index in [9.17, 15) is 0 Å². The Morgan fingerprint density at radius 1 is 1.03 bits per heavy atom. The van der Waals surface area contributed by atoms with Gasteiger partial charge in [-0.05, 0) is 36.6 Å². The predicted octanol–water partition coefficient (Wildman–Crippen LogP) is 2.91. The van der Waals surface area contributed by atoms with Crippen molar-refractivity contribution in [3.63, 3.8) is 0 Å². The summed E-state index contributed by atoms with van der Waals surface area (Å²) >= 11 is 1.87. The van der Waals surface area contributed by atoms with Crippen molar-refractivity contribution in [2.45, 2.75) is 20.3 Å². The second kappa shape index (κ2) is 8.01. The van der Waals surface area contributed by atoms with Crippen LogP contribution >= 0.6 is 11.3 Å². The van der Waals surface area contributed by atoms with E-state index in [0.29, 0.717) is 0 Å². The highest BCUT2D eigenvalue weighted by Crippen LogP contribution is 2.35. The van der Waals surface area contributed by atoms with Crippen LogP contribution in [-0.4, -0.2) is 57.6 Å². The van der Waals surface area contributed by atoms with E-state index < -0.39 is 0 Å². The predicted molar refractivity (Wildman–Crippen MR) is 119 cm³/mol.